The number of benzene rings is 2. The lowest BCUT2D eigenvalue weighted by atomic mass is 10.1. The SMILES string of the molecule is CN(C)Cc1ccc(CNC(=O)CCCc2nc3ccccc3c(=O)[nH]2)cc1. The average Bonchev–Trinajstić information content (AvgIpc) is 2.67. The minimum absolute atomic E-state index is 0.000467. The van der Waals surface area contributed by atoms with Crippen LogP contribution in [0.4, 0.5) is 0 Å². The normalized spacial score (nSPS) is 11.1. The zero-order valence-electron chi connectivity index (χ0n) is 16.4. The Morgan fingerprint density at radius 3 is 2.54 bits per heavy atom. The maximum atomic E-state index is 12.1. The minimum atomic E-state index is -0.136. The summed E-state index contributed by atoms with van der Waals surface area (Å²) in [5.74, 6) is 0.619. The Labute approximate surface area is 164 Å². The minimum Gasteiger partial charge on any atom is -0.352 e. The molecule has 2 aromatic carbocycles. The Morgan fingerprint density at radius 1 is 1.07 bits per heavy atom. The van der Waals surface area contributed by atoms with Crippen LogP contribution in [0.5, 0.6) is 0 Å². The molecule has 1 amide bonds. The summed E-state index contributed by atoms with van der Waals surface area (Å²) < 4.78 is 0. The number of hydrogen-bond donors (Lipinski definition) is 2. The first kappa shape index (κ1) is 19.8. The van der Waals surface area contributed by atoms with Crippen molar-refractivity contribution in [2.45, 2.75) is 32.4 Å². The summed E-state index contributed by atoms with van der Waals surface area (Å²) >= 11 is 0. The molecule has 3 aromatic rings. The van der Waals surface area contributed by atoms with Crippen LogP contribution in [0.3, 0.4) is 0 Å². The van der Waals surface area contributed by atoms with E-state index in [0.29, 0.717) is 42.5 Å². The molecule has 0 unspecified atom stereocenters. The molecule has 0 aliphatic heterocycles. The van der Waals surface area contributed by atoms with Crippen LogP contribution in [0.1, 0.15) is 29.8 Å². The summed E-state index contributed by atoms with van der Waals surface area (Å²) in [5, 5.41) is 3.53. The van der Waals surface area contributed by atoms with Crippen molar-refractivity contribution >= 4 is 16.8 Å². The fourth-order valence-corrected chi connectivity index (χ4v) is 3.09. The van der Waals surface area contributed by atoms with Gasteiger partial charge in [-0.05, 0) is 43.8 Å². The molecule has 2 N–H and O–H groups in total. The van der Waals surface area contributed by atoms with Crippen molar-refractivity contribution in [3.8, 4) is 0 Å². The number of aryl methyl sites for hydroxylation is 1. The maximum absolute atomic E-state index is 12.1. The predicted molar refractivity (Wildman–Crippen MR) is 111 cm³/mol. The third-order valence-electron chi connectivity index (χ3n) is 4.49. The van der Waals surface area contributed by atoms with Gasteiger partial charge in [-0.2, -0.15) is 0 Å². The van der Waals surface area contributed by atoms with Crippen LogP contribution in [-0.2, 0) is 24.3 Å². The largest absolute Gasteiger partial charge is 0.352 e. The molecule has 0 aliphatic carbocycles. The van der Waals surface area contributed by atoms with Gasteiger partial charge in [-0.1, -0.05) is 36.4 Å². The van der Waals surface area contributed by atoms with E-state index in [1.165, 1.54) is 5.56 Å². The van der Waals surface area contributed by atoms with E-state index < -0.39 is 0 Å². The molecule has 0 spiro atoms. The number of nitrogens with zero attached hydrogens (tertiary/aromatic N) is 2. The molecule has 0 atom stereocenters. The number of aromatic nitrogens is 2. The molecule has 0 aliphatic rings. The number of carbonyl (C=O) groups excluding carboxylic acids is 1. The highest BCUT2D eigenvalue weighted by Gasteiger charge is 2.06. The molecule has 28 heavy (non-hydrogen) atoms. The number of nitrogens with one attached hydrogen (secondary N) is 2. The van der Waals surface area contributed by atoms with Crippen molar-refractivity contribution in [2.75, 3.05) is 14.1 Å². The molecule has 1 heterocycles. The van der Waals surface area contributed by atoms with E-state index >= 15 is 0 Å². The molecule has 0 bridgehead atoms. The fourth-order valence-electron chi connectivity index (χ4n) is 3.09. The van der Waals surface area contributed by atoms with E-state index in [-0.39, 0.29) is 11.5 Å². The lowest BCUT2D eigenvalue weighted by Gasteiger charge is -2.10. The van der Waals surface area contributed by atoms with Gasteiger partial charge in [-0.25, -0.2) is 4.98 Å². The van der Waals surface area contributed by atoms with E-state index in [1.54, 1.807) is 6.07 Å². The topological polar surface area (TPSA) is 78.1 Å². The van der Waals surface area contributed by atoms with Crippen LogP contribution in [-0.4, -0.2) is 34.9 Å². The molecule has 146 valence electrons. The molecule has 0 saturated heterocycles. The van der Waals surface area contributed by atoms with Gasteiger partial charge in [-0.3, -0.25) is 9.59 Å². The Morgan fingerprint density at radius 2 is 1.79 bits per heavy atom. The maximum Gasteiger partial charge on any atom is 0.258 e. The number of fused-ring (bicyclic) bond motifs is 1. The molecule has 3 rings (SSSR count). The number of carbonyl (C=O) groups is 1. The van der Waals surface area contributed by atoms with Gasteiger partial charge >= 0.3 is 0 Å². The van der Waals surface area contributed by atoms with E-state index in [9.17, 15) is 9.59 Å². The third-order valence-corrected chi connectivity index (χ3v) is 4.49. The van der Waals surface area contributed by atoms with Gasteiger partial charge in [0.2, 0.25) is 5.91 Å². The Kier molecular flexibility index (Phi) is 6.55. The second-order valence-corrected chi connectivity index (χ2v) is 7.21. The highest BCUT2D eigenvalue weighted by Crippen LogP contribution is 2.08. The van der Waals surface area contributed by atoms with E-state index in [2.05, 4.69) is 32.3 Å². The number of aromatic amines is 1. The molecule has 1 aromatic heterocycles. The monoisotopic (exact) mass is 378 g/mol. The van der Waals surface area contributed by atoms with Gasteiger partial charge < -0.3 is 15.2 Å². The predicted octanol–water partition coefficient (Wildman–Crippen LogP) is 2.62. The van der Waals surface area contributed by atoms with Crippen LogP contribution < -0.4 is 10.9 Å². The first-order valence-corrected chi connectivity index (χ1v) is 9.48. The van der Waals surface area contributed by atoms with Gasteiger partial charge in [-0.15, -0.1) is 0 Å². The molecule has 0 saturated carbocycles. The Balaban J connectivity index is 1.45. The first-order chi connectivity index (χ1) is 13.5. The number of para-hydroxylation sites is 1. The van der Waals surface area contributed by atoms with Crippen molar-refractivity contribution in [3.63, 3.8) is 0 Å². The summed E-state index contributed by atoms with van der Waals surface area (Å²) in [6.07, 6.45) is 1.59. The molecular weight excluding hydrogens is 352 g/mol. The molecule has 0 fully saturated rings. The van der Waals surface area contributed by atoms with Gasteiger partial charge in [0.25, 0.3) is 5.56 Å². The van der Waals surface area contributed by atoms with Crippen molar-refractivity contribution in [2.24, 2.45) is 0 Å². The second kappa shape index (κ2) is 9.28. The average molecular weight is 378 g/mol. The van der Waals surface area contributed by atoms with Crippen molar-refractivity contribution < 1.29 is 4.79 Å². The molecular formula is C22H26N4O2. The van der Waals surface area contributed by atoms with Gasteiger partial charge in [0.1, 0.15) is 5.82 Å². The van der Waals surface area contributed by atoms with Crippen LogP contribution >= 0.6 is 0 Å². The number of hydrogen-bond acceptors (Lipinski definition) is 4. The second-order valence-electron chi connectivity index (χ2n) is 7.21. The van der Waals surface area contributed by atoms with Crippen LogP contribution in [0.15, 0.2) is 53.3 Å². The standard InChI is InChI=1S/C22H26N4O2/c1-26(2)15-17-12-10-16(11-13-17)14-23-21(27)9-5-8-20-24-19-7-4-3-6-18(19)22(28)25-20/h3-4,6-7,10-13H,5,8-9,14-15H2,1-2H3,(H,23,27)(H,24,25,28). The fraction of sp³-hybridized carbons (Fsp3) is 0.318. The highest BCUT2D eigenvalue weighted by atomic mass is 16.1. The van der Waals surface area contributed by atoms with Crippen LogP contribution in [0.25, 0.3) is 10.9 Å². The third kappa shape index (κ3) is 5.50. The van der Waals surface area contributed by atoms with Crippen LogP contribution in [0, 0.1) is 0 Å². The number of H-pyrrole nitrogens is 1. The van der Waals surface area contributed by atoms with Crippen molar-refractivity contribution in [1.82, 2.24) is 20.2 Å². The van der Waals surface area contributed by atoms with E-state index in [0.717, 1.165) is 12.1 Å². The van der Waals surface area contributed by atoms with Gasteiger partial charge in [0, 0.05) is 25.9 Å². The molecule has 0 radical (unpaired) electrons. The zero-order chi connectivity index (χ0) is 19.9. The first-order valence-electron chi connectivity index (χ1n) is 9.48. The summed E-state index contributed by atoms with van der Waals surface area (Å²) in [5.41, 5.74) is 2.87. The van der Waals surface area contributed by atoms with Gasteiger partial charge in [0.15, 0.2) is 0 Å². The lowest BCUT2D eigenvalue weighted by molar-refractivity contribution is -0.121. The van der Waals surface area contributed by atoms with Crippen molar-refractivity contribution in [3.05, 3.63) is 75.8 Å². The summed E-state index contributed by atoms with van der Waals surface area (Å²) in [6, 6.07) is 15.5. The molecule has 6 nitrogen and oxygen atoms in total. The van der Waals surface area contributed by atoms with E-state index in [4.69, 9.17) is 0 Å². The zero-order valence-corrected chi connectivity index (χ0v) is 16.4. The quantitative estimate of drug-likeness (QED) is 0.632. The smallest absolute Gasteiger partial charge is 0.258 e. The Hall–Kier alpha value is -2.99. The van der Waals surface area contributed by atoms with Crippen molar-refractivity contribution in [1.29, 1.82) is 0 Å². The number of amides is 1. The molecule has 6 heteroatoms. The highest BCUT2D eigenvalue weighted by molar-refractivity contribution is 5.77. The summed E-state index contributed by atoms with van der Waals surface area (Å²) in [4.78, 5) is 33.5. The van der Waals surface area contributed by atoms with Crippen LogP contribution in [0.2, 0.25) is 0 Å². The lowest BCUT2D eigenvalue weighted by Crippen LogP contribution is -2.22. The van der Waals surface area contributed by atoms with Gasteiger partial charge in [0.05, 0.1) is 10.9 Å². The summed E-state index contributed by atoms with van der Waals surface area (Å²) in [7, 11) is 4.08. The number of rotatable bonds is 8. The summed E-state index contributed by atoms with van der Waals surface area (Å²) in [6.45, 7) is 1.42. The Bertz CT molecular complexity index is 993. The van der Waals surface area contributed by atoms with E-state index in [1.807, 2.05) is 44.4 Å².